The van der Waals surface area contributed by atoms with E-state index in [1.54, 1.807) is 18.2 Å². The van der Waals surface area contributed by atoms with Crippen LogP contribution in [0.15, 0.2) is 23.1 Å². The van der Waals surface area contributed by atoms with Gasteiger partial charge in [0.1, 0.15) is 10.6 Å². The highest BCUT2D eigenvalue weighted by Gasteiger charge is 2.18. The summed E-state index contributed by atoms with van der Waals surface area (Å²) in [6.07, 6.45) is 0. The van der Waals surface area contributed by atoms with Crippen molar-refractivity contribution < 1.29 is 13.2 Å². The van der Waals surface area contributed by atoms with Crippen LogP contribution in [0.3, 0.4) is 0 Å². The molecule has 1 rings (SSSR count). The SMILES string of the molecule is COc1ccc(C)cc1S(=O)(=O)NCC#CCN(C)C. The van der Waals surface area contributed by atoms with E-state index < -0.39 is 10.0 Å². The largest absolute Gasteiger partial charge is 0.495 e. The van der Waals surface area contributed by atoms with Crippen LogP contribution in [0.25, 0.3) is 0 Å². The predicted octanol–water partition coefficient (Wildman–Crippen LogP) is 0.847. The molecule has 110 valence electrons. The van der Waals surface area contributed by atoms with E-state index in [0.29, 0.717) is 12.3 Å². The van der Waals surface area contributed by atoms with E-state index in [4.69, 9.17) is 4.74 Å². The number of rotatable bonds is 5. The summed E-state index contributed by atoms with van der Waals surface area (Å²) in [5, 5.41) is 0. The number of nitrogens with one attached hydrogen (secondary N) is 1. The molecule has 20 heavy (non-hydrogen) atoms. The Morgan fingerprint density at radius 3 is 2.60 bits per heavy atom. The minimum absolute atomic E-state index is 0.0767. The number of benzene rings is 1. The molecule has 0 unspecified atom stereocenters. The molecule has 0 heterocycles. The van der Waals surface area contributed by atoms with Gasteiger partial charge in [-0.1, -0.05) is 17.9 Å². The van der Waals surface area contributed by atoms with E-state index in [2.05, 4.69) is 16.6 Å². The van der Waals surface area contributed by atoms with E-state index >= 15 is 0 Å². The lowest BCUT2D eigenvalue weighted by Gasteiger charge is -2.10. The van der Waals surface area contributed by atoms with Crippen molar-refractivity contribution >= 4 is 10.0 Å². The van der Waals surface area contributed by atoms with Crippen molar-refractivity contribution in [2.75, 3.05) is 34.3 Å². The van der Waals surface area contributed by atoms with Gasteiger partial charge < -0.3 is 4.74 Å². The highest BCUT2D eigenvalue weighted by molar-refractivity contribution is 7.89. The van der Waals surface area contributed by atoms with Crippen LogP contribution in [0.2, 0.25) is 0 Å². The minimum Gasteiger partial charge on any atom is -0.495 e. The molecule has 0 amide bonds. The molecule has 1 aromatic carbocycles. The fourth-order valence-electron chi connectivity index (χ4n) is 1.48. The van der Waals surface area contributed by atoms with Crippen molar-refractivity contribution in [1.29, 1.82) is 0 Å². The van der Waals surface area contributed by atoms with E-state index in [1.807, 2.05) is 25.9 Å². The maximum absolute atomic E-state index is 12.2. The molecule has 0 radical (unpaired) electrons. The standard InChI is InChI=1S/C14H20N2O3S/c1-12-7-8-13(19-4)14(11-12)20(17,18)15-9-5-6-10-16(2)3/h7-8,11,15H,9-10H2,1-4H3. The van der Waals surface area contributed by atoms with E-state index in [-0.39, 0.29) is 11.4 Å². The molecule has 0 atom stereocenters. The van der Waals surface area contributed by atoms with Crippen LogP contribution in [0.4, 0.5) is 0 Å². The predicted molar refractivity (Wildman–Crippen MR) is 79.2 cm³/mol. The molecule has 1 N–H and O–H groups in total. The Morgan fingerprint density at radius 1 is 1.30 bits per heavy atom. The lowest BCUT2D eigenvalue weighted by Crippen LogP contribution is -2.24. The zero-order valence-corrected chi connectivity index (χ0v) is 13.0. The molecule has 0 aliphatic rings. The van der Waals surface area contributed by atoms with Crippen LogP contribution < -0.4 is 9.46 Å². The summed E-state index contributed by atoms with van der Waals surface area (Å²) < 4.78 is 31.9. The number of sulfonamides is 1. The molecule has 0 aromatic heterocycles. The highest BCUT2D eigenvalue weighted by atomic mass is 32.2. The van der Waals surface area contributed by atoms with E-state index in [1.165, 1.54) is 7.11 Å². The first-order valence-corrected chi connectivity index (χ1v) is 7.60. The first-order chi connectivity index (χ1) is 9.36. The molecule has 0 aliphatic carbocycles. The third-order valence-electron chi connectivity index (χ3n) is 2.48. The van der Waals surface area contributed by atoms with Gasteiger partial charge in [-0.3, -0.25) is 4.90 Å². The fraction of sp³-hybridized carbons (Fsp3) is 0.429. The summed E-state index contributed by atoms with van der Waals surface area (Å²) in [6, 6.07) is 5.02. The van der Waals surface area contributed by atoms with Crippen LogP contribution in [-0.2, 0) is 10.0 Å². The Morgan fingerprint density at radius 2 is 2.00 bits per heavy atom. The van der Waals surface area contributed by atoms with Crippen molar-refractivity contribution in [2.24, 2.45) is 0 Å². The molecule has 6 heteroatoms. The molecular formula is C14H20N2O3S. The zero-order valence-electron chi connectivity index (χ0n) is 12.2. The van der Waals surface area contributed by atoms with Crippen molar-refractivity contribution in [1.82, 2.24) is 9.62 Å². The van der Waals surface area contributed by atoms with Gasteiger partial charge in [0.25, 0.3) is 0 Å². The van der Waals surface area contributed by atoms with Gasteiger partial charge in [0, 0.05) is 0 Å². The van der Waals surface area contributed by atoms with Crippen LogP contribution in [-0.4, -0.2) is 47.6 Å². The molecule has 1 aromatic rings. The van der Waals surface area contributed by atoms with Gasteiger partial charge in [0.15, 0.2) is 0 Å². The summed E-state index contributed by atoms with van der Waals surface area (Å²) >= 11 is 0. The van der Waals surface area contributed by atoms with Crippen molar-refractivity contribution in [3.05, 3.63) is 23.8 Å². The van der Waals surface area contributed by atoms with Crippen LogP contribution in [0.1, 0.15) is 5.56 Å². The molecule has 0 saturated carbocycles. The molecular weight excluding hydrogens is 276 g/mol. The van der Waals surface area contributed by atoms with E-state index in [9.17, 15) is 8.42 Å². The van der Waals surface area contributed by atoms with Gasteiger partial charge in [0.2, 0.25) is 10.0 Å². The summed E-state index contributed by atoms with van der Waals surface area (Å²) in [4.78, 5) is 2.04. The lowest BCUT2D eigenvalue weighted by atomic mass is 10.2. The zero-order chi connectivity index (χ0) is 15.2. The maximum atomic E-state index is 12.2. The van der Waals surface area contributed by atoms with Gasteiger partial charge in [-0.2, -0.15) is 4.72 Å². The molecule has 0 fully saturated rings. The molecule has 0 spiro atoms. The second kappa shape index (κ2) is 7.29. The smallest absolute Gasteiger partial charge is 0.245 e. The van der Waals surface area contributed by atoms with Crippen LogP contribution >= 0.6 is 0 Å². The Bertz CT molecular complexity index is 613. The van der Waals surface area contributed by atoms with E-state index in [0.717, 1.165) is 5.56 Å². The number of nitrogens with zero attached hydrogens (tertiary/aromatic N) is 1. The Balaban J connectivity index is 2.83. The number of methoxy groups -OCH3 is 1. The monoisotopic (exact) mass is 296 g/mol. The third kappa shape index (κ3) is 4.85. The fourth-order valence-corrected chi connectivity index (χ4v) is 2.65. The lowest BCUT2D eigenvalue weighted by molar-refractivity contribution is 0.402. The van der Waals surface area contributed by atoms with Gasteiger partial charge >= 0.3 is 0 Å². The van der Waals surface area contributed by atoms with Gasteiger partial charge in [-0.25, -0.2) is 8.42 Å². The molecule has 0 bridgehead atoms. The first-order valence-electron chi connectivity index (χ1n) is 6.11. The van der Waals surface area contributed by atoms with Crippen LogP contribution in [0, 0.1) is 18.8 Å². The second-order valence-corrected chi connectivity index (χ2v) is 6.31. The Hall–Kier alpha value is -1.55. The minimum atomic E-state index is -3.62. The summed E-state index contributed by atoms with van der Waals surface area (Å²) in [5.41, 5.74) is 0.852. The second-order valence-electron chi connectivity index (χ2n) is 4.57. The molecule has 0 saturated heterocycles. The summed E-state index contributed by atoms with van der Waals surface area (Å²) in [6.45, 7) is 2.50. The normalized spacial score (nSPS) is 11.1. The highest BCUT2D eigenvalue weighted by Crippen LogP contribution is 2.24. The van der Waals surface area contributed by atoms with Crippen molar-refractivity contribution in [3.63, 3.8) is 0 Å². The number of hydrogen-bond donors (Lipinski definition) is 1. The topological polar surface area (TPSA) is 58.6 Å². The summed E-state index contributed by atoms with van der Waals surface area (Å²) in [5.74, 6) is 5.96. The molecule has 0 aliphatic heterocycles. The average Bonchev–Trinajstić information content (AvgIpc) is 2.37. The summed E-state index contributed by atoms with van der Waals surface area (Å²) in [7, 11) is 1.63. The quantitative estimate of drug-likeness (QED) is 0.818. The molecule has 5 nitrogen and oxygen atoms in total. The van der Waals surface area contributed by atoms with Gasteiger partial charge in [-0.05, 0) is 38.7 Å². The first kappa shape index (κ1) is 16.5. The maximum Gasteiger partial charge on any atom is 0.245 e. The van der Waals surface area contributed by atoms with Crippen molar-refractivity contribution in [2.45, 2.75) is 11.8 Å². The third-order valence-corrected chi connectivity index (χ3v) is 3.90. The van der Waals surface area contributed by atoms with Crippen molar-refractivity contribution in [3.8, 4) is 17.6 Å². The van der Waals surface area contributed by atoms with Gasteiger partial charge in [0.05, 0.1) is 20.2 Å². The average molecular weight is 296 g/mol. The number of hydrogen-bond acceptors (Lipinski definition) is 4. The number of aryl methyl sites for hydroxylation is 1. The number of ether oxygens (including phenoxy) is 1. The Kier molecular flexibility index (Phi) is 6.02. The van der Waals surface area contributed by atoms with Crippen LogP contribution in [0.5, 0.6) is 5.75 Å². The Labute approximate surface area is 121 Å². The van der Waals surface area contributed by atoms with Gasteiger partial charge in [-0.15, -0.1) is 0 Å².